The molecule has 1 aromatic heterocycles. The summed E-state index contributed by atoms with van der Waals surface area (Å²) in [5.41, 5.74) is 2.04. The van der Waals surface area contributed by atoms with Gasteiger partial charge in [0.2, 0.25) is 5.91 Å². The van der Waals surface area contributed by atoms with Crippen molar-refractivity contribution in [2.24, 2.45) is 0 Å². The smallest absolute Gasteiger partial charge is 0.224 e. The van der Waals surface area contributed by atoms with Crippen molar-refractivity contribution in [2.45, 2.75) is 19.4 Å². The van der Waals surface area contributed by atoms with Gasteiger partial charge in [-0.3, -0.25) is 4.79 Å². The summed E-state index contributed by atoms with van der Waals surface area (Å²) in [6.45, 7) is 2.13. The number of amides is 1. The molecule has 2 N–H and O–H groups in total. The van der Waals surface area contributed by atoms with Gasteiger partial charge in [-0.05, 0) is 30.0 Å². The molecule has 1 unspecified atom stereocenters. The summed E-state index contributed by atoms with van der Waals surface area (Å²) in [6, 6.07) is 12.3. The van der Waals surface area contributed by atoms with Crippen LogP contribution in [0, 0.1) is 0 Å². The van der Waals surface area contributed by atoms with Crippen molar-refractivity contribution in [1.29, 1.82) is 0 Å². The minimum Gasteiger partial charge on any atom is -0.377 e. The lowest BCUT2D eigenvalue weighted by Crippen LogP contribution is -2.20. The van der Waals surface area contributed by atoms with E-state index in [1.807, 2.05) is 24.3 Å². The van der Waals surface area contributed by atoms with E-state index in [-0.39, 0.29) is 11.9 Å². The molecule has 0 aliphatic rings. The molecule has 0 aliphatic heterocycles. The summed E-state index contributed by atoms with van der Waals surface area (Å²) in [5.74, 6) is 0.0260. The number of para-hydroxylation sites is 1. The molecule has 0 radical (unpaired) electrons. The Morgan fingerprint density at radius 3 is 2.74 bits per heavy atom. The monoisotopic (exact) mass is 274 g/mol. The second-order valence-electron chi connectivity index (χ2n) is 4.39. The second-order valence-corrected chi connectivity index (χ2v) is 5.37. The average Bonchev–Trinajstić information content (AvgIpc) is 2.95. The minimum absolute atomic E-state index is 0.0260. The fourth-order valence-corrected chi connectivity index (χ4v) is 2.65. The lowest BCUT2D eigenvalue weighted by molar-refractivity contribution is -0.119. The average molecular weight is 274 g/mol. The van der Waals surface area contributed by atoms with E-state index >= 15 is 0 Å². The summed E-state index contributed by atoms with van der Waals surface area (Å²) in [5, 5.41) is 8.20. The number of likely N-dealkylation sites (N-methyl/N-ethyl adjacent to an activating group) is 1. The van der Waals surface area contributed by atoms with Gasteiger partial charge in [-0.2, -0.15) is 0 Å². The molecule has 1 aromatic carbocycles. The molecule has 0 bridgehead atoms. The third-order valence-corrected chi connectivity index (χ3v) is 4.04. The third-order valence-electron chi connectivity index (χ3n) is 2.99. The van der Waals surface area contributed by atoms with E-state index in [1.54, 1.807) is 18.4 Å². The Hall–Kier alpha value is -1.81. The molecule has 3 nitrogen and oxygen atoms in total. The lowest BCUT2D eigenvalue weighted by Gasteiger charge is -2.17. The molecule has 4 heteroatoms. The summed E-state index contributed by atoms with van der Waals surface area (Å²) in [6.07, 6.45) is 0.400. The van der Waals surface area contributed by atoms with Gasteiger partial charge in [0.05, 0.1) is 12.5 Å². The predicted molar refractivity (Wildman–Crippen MR) is 80.6 cm³/mol. The minimum atomic E-state index is 0.0260. The normalized spacial score (nSPS) is 11.9. The van der Waals surface area contributed by atoms with Crippen molar-refractivity contribution >= 4 is 22.9 Å². The van der Waals surface area contributed by atoms with Crippen LogP contribution < -0.4 is 10.6 Å². The Morgan fingerprint density at radius 1 is 1.26 bits per heavy atom. The molecule has 1 amide bonds. The van der Waals surface area contributed by atoms with E-state index in [4.69, 9.17) is 0 Å². The quantitative estimate of drug-likeness (QED) is 0.879. The Balaban J connectivity index is 2.13. The summed E-state index contributed by atoms with van der Waals surface area (Å²) >= 11 is 1.73. The van der Waals surface area contributed by atoms with Crippen LogP contribution in [0.25, 0.3) is 0 Å². The van der Waals surface area contributed by atoms with Gasteiger partial charge >= 0.3 is 0 Å². The highest BCUT2D eigenvalue weighted by atomic mass is 32.1. The highest BCUT2D eigenvalue weighted by Gasteiger charge is 2.10. The fourth-order valence-electron chi connectivity index (χ4n) is 1.92. The van der Waals surface area contributed by atoms with Crippen molar-refractivity contribution in [2.75, 3.05) is 12.4 Å². The maximum absolute atomic E-state index is 11.5. The van der Waals surface area contributed by atoms with Gasteiger partial charge in [0.25, 0.3) is 0 Å². The maximum atomic E-state index is 11.5. The molecule has 100 valence electrons. The Labute approximate surface area is 117 Å². The first-order valence-electron chi connectivity index (χ1n) is 6.29. The second kappa shape index (κ2) is 6.38. The molecule has 1 heterocycles. The number of benzene rings is 1. The first-order valence-corrected chi connectivity index (χ1v) is 7.17. The van der Waals surface area contributed by atoms with Gasteiger partial charge in [-0.1, -0.05) is 24.3 Å². The number of nitrogens with one attached hydrogen (secondary N) is 2. The zero-order valence-corrected chi connectivity index (χ0v) is 12.0. The number of hydrogen-bond acceptors (Lipinski definition) is 3. The van der Waals surface area contributed by atoms with Crippen LogP contribution in [-0.2, 0) is 11.2 Å². The van der Waals surface area contributed by atoms with E-state index in [1.165, 1.54) is 4.88 Å². The summed E-state index contributed by atoms with van der Waals surface area (Å²) in [4.78, 5) is 12.8. The van der Waals surface area contributed by atoms with Crippen molar-refractivity contribution < 1.29 is 4.79 Å². The van der Waals surface area contributed by atoms with Crippen LogP contribution in [0.1, 0.15) is 23.4 Å². The molecular weight excluding hydrogens is 256 g/mol. The van der Waals surface area contributed by atoms with Crippen LogP contribution in [0.4, 0.5) is 5.69 Å². The van der Waals surface area contributed by atoms with Gasteiger partial charge in [0.1, 0.15) is 0 Å². The van der Waals surface area contributed by atoms with Crippen LogP contribution in [0.5, 0.6) is 0 Å². The van der Waals surface area contributed by atoms with E-state index in [0.29, 0.717) is 6.42 Å². The molecule has 0 aliphatic carbocycles. The van der Waals surface area contributed by atoms with Crippen LogP contribution in [-0.4, -0.2) is 13.0 Å². The highest BCUT2D eigenvalue weighted by Crippen LogP contribution is 2.25. The van der Waals surface area contributed by atoms with Gasteiger partial charge in [-0.15, -0.1) is 11.3 Å². The molecule has 0 fully saturated rings. The van der Waals surface area contributed by atoms with E-state index in [0.717, 1.165) is 11.3 Å². The maximum Gasteiger partial charge on any atom is 0.224 e. The third kappa shape index (κ3) is 3.58. The first kappa shape index (κ1) is 13.6. The molecule has 0 saturated carbocycles. The molecule has 2 aromatic rings. The Morgan fingerprint density at radius 2 is 2.05 bits per heavy atom. The number of hydrogen-bond donors (Lipinski definition) is 2. The molecule has 0 spiro atoms. The van der Waals surface area contributed by atoms with Crippen LogP contribution in [0.15, 0.2) is 41.8 Å². The van der Waals surface area contributed by atoms with Gasteiger partial charge in [-0.25, -0.2) is 0 Å². The number of rotatable bonds is 5. The molecule has 0 saturated heterocycles. The zero-order valence-electron chi connectivity index (χ0n) is 11.1. The first-order chi connectivity index (χ1) is 9.20. The van der Waals surface area contributed by atoms with Gasteiger partial charge in [0.15, 0.2) is 0 Å². The lowest BCUT2D eigenvalue weighted by atomic mass is 10.1. The standard InChI is InChI=1S/C15H18N2OS/c1-11(14-8-5-9-19-14)17-13-7-4-3-6-12(13)10-15(18)16-2/h3-9,11,17H,10H2,1-2H3,(H,16,18). The summed E-state index contributed by atoms with van der Waals surface area (Å²) < 4.78 is 0. The van der Waals surface area contributed by atoms with Gasteiger partial charge < -0.3 is 10.6 Å². The topological polar surface area (TPSA) is 41.1 Å². The van der Waals surface area contributed by atoms with E-state index < -0.39 is 0 Å². The van der Waals surface area contributed by atoms with Crippen molar-refractivity contribution in [3.63, 3.8) is 0 Å². The predicted octanol–water partition coefficient (Wildman–Crippen LogP) is 3.21. The van der Waals surface area contributed by atoms with Gasteiger partial charge in [0, 0.05) is 17.6 Å². The SMILES string of the molecule is CNC(=O)Cc1ccccc1NC(C)c1cccs1. The number of carbonyl (C=O) groups is 1. The van der Waals surface area contributed by atoms with Crippen LogP contribution in [0.3, 0.4) is 0 Å². The largest absolute Gasteiger partial charge is 0.377 e. The fraction of sp³-hybridized carbons (Fsp3) is 0.267. The number of thiophene rings is 1. The Kier molecular flexibility index (Phi) is 4.58. The molecule has 2 rings (SSSR count). The highest BCUT2D eigenvalue weighted by molar-refractivity contribution is 7.10. The van der Waals surface area contributed by atoms with Crippen molar-refractivity contribution in [1.82, 2.24) is 5.32 Å². The molecule has 1 atom stereocenters. The van der Waals surface area contributed by atoms with E-state index in [9.17, 15) is 4.79 Å². The van der Waals surface area contributed by atoms with Crippen LogP contribution in [0.2, 0.25) is 0 Å². The molecule has 19 heavy (non-hydrogen) atoms. The zero-order chi connectivity index (χ0) is 13.7. The van der Waals surface area contributed by atoms with E-state index in [2.05, 4.69) is 35.1 Å². The van der Waals surface area contributed by atoms with Crippen molar-refractivity contribution in [3.05, 3.63) is 52.2 Å². The number of carbonyl (C=O) groups excluding carboxylic acids is 1. The van der Waals surface area contributed by atoms with Crippen LogP contribution >= 0.6 is 11.3 Å². The summed E-state index contributed by atoms with van der Waals surface area (Å²) in [7, 11) is 1.66. The molecular formula is C15H18N2OS. The number of anilines is 1. The van der Waals surface area contributed by atoms with Crippen molar-refractivity contribution in [3.8, 4) is 0 Å². The Bertz CT molecular complexity index is 537.